The molecule has 3 N–H and O–H groups in total. The summed E-state index contributed by atoms with van der Waals surface area (Å²) in [6.45, 7) is 2.31. The first-order valence-corrected chi connectivity index (χ1v) is 7.38. The number of hydrogen-bond acceptors (Lipinski definition) is 3. The lowest BCUT2D eigenvalue weighted by atomic mass is 9.99. The van der Waals surface area contributed by atoms with Gasteiger partial charge in [-0.3, -0.25) is 9.59 Å². The van der Waals surface area contributed by atoms with Crippen molar-refractivity contribution in [3.63, 3.8) is 0 Å². The summed E-state index contributed by atoms with van der Waals surface area (Å²) in [6.07, 6.45) is 2.53. The van der Waals surface area contributed by atoms with Crippen molar-refractivity contribution in [3.05, 3.63) is 34.9 Å². The first-order chi connectivity index (χ1) is 10.5. The van der Waals surface area contributed by atoms with E-state index in [-0.39, 0.29) is 18.9 Å². The van der Waals surface area contributed by atoms with E-state index in [4.69, 9.17) is 5.73 Å². The molecule has 1 aliphatic rings. The van der Waals surface area contributed by atoms with Crippen LogP contribution < -0.4 is 5.73 Å². The molecule has 0 spiro atoms. The highest BCUT2D eigenvalue weighted by atomic mass is 16.4. The van der Waals surface area contributed by atoms with Gasteiger partial charge in [0.05, 0.1) is 6.42 Å². The van der Waals surface area contributed by atoms with E-state index in [1.165, 1.54) is 4.90 Å². The molecule has 6 heteroatoms. The quantitative estimate of drug-likeness (QED) is 0.793. The van der Waals surface area contributed by atoms with Crippen LogP contribution >= 0.6 is 0 Å². The van der Waals surface area contributed by atoms with E-state index in [9.17, 15) is 19.5 Å². The van der Waals surface area contributed by atoms with Gasteiger partial charge in [0.2, 0.25) is 5.91 Å². The molecule has 1 atom stereocenters. The minimum Gasteiger partial charge on any atom is -0.480 e. The minimum absolute atomic E-state index is 0.221. The molecule has 1 heterocycles. The number of aryl methyl sites for hydroxylation is 1. The summed E-state index contributed by atoms with van der Waals surface area (Å²) in [6, 6.07) is 4.27. The molecule has 2 amide bonds. The molecule has 1 aromatic carbocycles. The number of nitrogens with two attached hydrogens (primary N) is 1. The van der Waals surface area contributed by atoms with E-state index in [2.05, 4.69) is 6.92 Å². The number of fused-ring (bicyclic) bond motifs is 1. The Morgan fingerprint density at radius 2 is 2.14 bits per heavy atom. The van der Waals surface area contributed by atoms with Crippen LogP contribution in [0.4, 0.5) is 0 Å². The third-order valence-corrected chi connectivity index (χ3v) is 3.95. The molecule has 2 rings (SSSR count). The smallest absolute Gasteiger partial charge is 0.326 e. The molecule has 1 aromatic rings. The first-order valence-electron chi connectivity index (χ1n) is 7.38. The maximum absolute atomic E-state index is 12.5. The Balaban J connectivity index is 2.30. The number of primary amides is 1. The van der Waals surface area contributed by atoms with E-state index >= 15 is 0 Å². The zero-order valence-electron chi connectivity index (χ0n) is 12.5. The van der Waals surface area contributed by atoms with Crippen LogP contribution in [0.2, 0.25) is 0 Å². The molecule has 1 aliphatic heterocycles. The van der Waals surface area contributed by atoms with E-state index in [1.54, 1.807) is 6.07 Å². The standard InChI is InChI=1S/C16H20N2O4/c1-2-3-5-10-6-4-7-11-12(10)9-18(15(11)20)13(16(21)22)8-14(17)19/h4,6-7,13H,2-3,5,8-9H2,1H3,(H2,17,19)(H,21,22). The molecule has 0 fully saturated rings. The van der Waals surface area contributed by atoms with Crippen LogP contribution in [-0.4, -0.2) is 33.8 Å². The predicted octanol–water partition coefficient (Wildman–Crippen LogP) is 1.31. The number of carbonyl (C=O) groups is 3. The fraction of sp³-hybridized carbons (Fsp3) is 0.438. The van der Waals surface area contributed by atoms with Crippen molar-refractivity contribution < 1.29 is 19.5 Å². The van der Waals surface area contributed by atoms with Gasteiger partial charge in [-0.05, 0) is 30.0 Å². The summed E-state index contributed by atoms with van der Waals surface area (Å²) in [7, 11) is 0. The Bertz CT molecular complexity index is 612. The lowest BCUT2D eigenvalue weighted by molar-refractivity contribution is -0.144. The molecular formula is C16H20N2O4. The van der Waals surface area contributed by atoms with Crippen molar-refractivity contribution in [1.82, 2.24) is 4.90 Å². The predicted molar refractivity (Wildman–Crippen MR) is 80.2 cm³/mol. The summed E-state index contributed by atoms with van der Waals surface area (Å²) in [4.78, 5) is 36.1. The lowest BCUT2D eigenvalue weighted by Gasteiger charge is -2.23. The largest absolute Gasteiger partial charge is 0.480 e. The Hall–Kier alpha value is -2.37. The van der Waals surface area contributed by atoms with Crippen LogP contribution in [0.5, 0.6) is 0 Å². The van der Waals surface area contributed by atoms with Gasteiger partial charge in [-0.25, -0.2) is 4.79 Å². The fourth-order valence-electron chi connectivity index (χ4n) is 2.79. The van der Waals surface area contributed by atoms with Crippen LogP contribution in [0.25, 0.3) is 0 Å². The van der Waals surface area contributed by atoms with Gasteiger partial charge in [0.25, 0.3) is 5.91 Å². The summed E-state index contributed by atoms with van der Waals surface area (Å²) in [5, 5.41) is 9.29. The van der Waals surface area contributed by atoms with E-state index in [1.807, 2.05) is 12.1 Å². The number of carbonyl (C=O) groups excluding carboxylic acids is 2. The normalized spacial score (nSPS) is 14.8. The van der Waals surface area contributed by atoms with Crippen LogP contribution in [-0.2, 0) is 22.6 Å². The topological polar surface area (TPSA) is 101 Å². The number of rotatable bonds is 7. The van der Waals surface area contributed by atoms with Crippen molar-refractivity contribution in [3.8, 4) is 0 Å². The van der Waals surface area contributed by atoms with Gasteiger partial charge in [-0.2, -0.15) is 0 Å². The van der Waals surface area contributed by atoms with Gasteiger partial charge in [0, 0.05) is 12.1 Å². The molecular weight excluding hydrogens is 284 g/mol. The molecule has 0 radical (unpaired) electrons. The Morgan fingerprint density at radius 3 is 2.73 bits per heavy atom. The second kappa shape index (κ2) is 6.60. The number of unbranched alkanes of at least 4 members (excludes halogenated alkanes) is 1. The van der Waals surface area contributed by atoms with Crippen molar-refractivity contribution >= 4 is 17.8 Å². The zero-order valence-corrected chi connectivity index (χ0v) is 12.5. The third-order valence-electron chi connectivity index (χ3n) is 3.95. The maximum atomic E-state index is 12.5. The minimum atomic E-state index is -1.21. The summed E-state index contributed by atoms with van der Waals surface area (Å²) >= 11 is 0. The fourth-order valence-corrected chi connectivity index (χ4v) is 2.79. The number of hydrogen-bond donors (Lipinski definition) is 2. The summed E-state index contributed by atoms with van der Waals surface area (Å²) in [5.74, 6) is -2.29. The molecule has 0 saturated heterocycles. The van der Waals surface area contributed by atoms with Gasteiger partial charge in [0.1, 0.15) is 6.04 Å². The third kappa shape index (κ3) is 3.10. The maximum Gasteiger partial charge on any atom is 0.326 e. The summed E-state index contributed by atoms with van der Waals surface area (Å²) in [5.41, 5.74) is 7.58. The van der Waals surface area contributed by atoms with Crippen molar-refractivity contribution in [2.75, 3.05) is 0 Å². The Morgan fingerprint density at radius 1 is 1.41 bits per heavy atom. The van der Waals surface area contributed by atoms with E-state index in [0.29, 0.717) is 5.56 Å². The number of carboxylic acid groups (broad SMARTS) is 1. The average Bonchev–Trinajstić information content (AvgIpc) is 2.80. The van der Waals surface area contributed by atoms with Crippen molar-refractivity contribution in [2.45, 2.75) is 45.2 Å². The number of aliphatic carboxylic acids is 1. The molecule has 22 heavy (non-hydrogen) atoms. The average molecular weight is 304 g/mol. The van der Waals surface area contributed by atoms with Crippen LogP contribution in [0.1, 0.15) is 47.7 Å². The van der Waals surface area contributed by atoms with Gasteiger partial charge in [0.15, 0.2) is 0 Å². The first kappa shape index (κ1) is 16.0. The van der Waals surface area contributed by atoms with Crippen LogP contribution in [0.3, 0.4) is 0 Å². The van der Waals surface area contributed by atoms with Gasteiger partial charge in [-0.1, -0.05) is 25.5 Å². The van der Waals surface area contributed by atoms with Crippen molar-refractivity contribution in [1.29, 1.82) is 0 Å². The monoisotopic (exact) mass is 304 g/mol. The van der Waals surface area contributed by atoms with Gasteiger partial charge >= 0.3 is 5.97 Å². The molecule has 0 saturated carbocycles. The van der Waals surface area contributed by atoms with Crippen molar-refractivity contribution in [2.24, 2.45) is 5.73 Å². The number of benzene rings is 1. The molecule has 6 nitrogen and oxygen atoms in total. The van der Waals surface area contributed by atoms with E-state index in [0.717, 1.165) is 30.4 Å². The number of nitrogens with zero attached hydrogens (tertiary/aromatic N) is 1. The number of amides is 2. The highest BCUT2D eigenvalue weighted by Crippen LogP contribution is 2.29. The Kier molecular flexibility index (Phi) is 4.80. The highest BCUT2D eigenvalue weighted by Gasteiger charge is 2.37. The van der Waals surface area contributed by atoms with Gasteiger partial charge in [-0.15, -0.1) is 0 Å². The zero-order chi connectivity index (χ0) is 16.3. The molecule has 1 unspecified atom stereocenters. The molecule has 0 bridgehead atoms. The Labute approximate surface area is 128 Å². The van der Waals surface area contributed by atoms with Gasteiger partial charge < -0.3 is 15.7 Å². The second-order valence-corrected chi connectivity index (χ2v) is 5.50. The lowest BCUT2D eigenvalue weighted by Crippen LogP contribution is -2.43. The SMILES string of the molecule is CCCCc1cccc2c1CN(C(CC(N)=O)C(=O)O)C2=O. The van der Waals surface area contributed by atoms with E-state index < -0.39 is 17.9 Å². The second-order valence-electron chi connectivity index (χ2n) is 5.50. The van der Waals surface area contributed by atoms with Crippen LogP contribution in [0.15, 0.2) is 18.2 Å². The summed E-state index contributed by atoms with van der Waals surface area (Å²) < 4.78 is 0. The van der Waals surface area contributed by atoms with Crippen LogP contribution in [0, 0.1) is 0 Å². The molecule has 118 valence electrons. The molecule has 0 aliphatic carbocycles. The molecule has 0 aromatic heterocycles. The number of carboxylic acids is 1. The highest BCUT2D eigenvalue weighted by molar-refractivity contribution is 6.01.